The van der Waals surface area contributed by atoms with Crippen molar-refractivity contribution in [1.82, 2.24) is 30.4 Å². The van der Waals surface area contributed by atoms with Crippen molar-refractivity contribution >= 4 is 54.7 Å². The van der Waals surface area contributed by atoms with Gasteiger partial charge in [-0.1, -0.05) is 18.6 Å². The Labute approximate surface area is 271 Å². The van der Waals surface area contributed by atoms with E-state index >= 15 is 0 Å². The van der Waals surface area contributed by atoms with Gasteiger partial charge in [-0.25, -0.2) is 9.80 Å². The molecule has 2 saturated heterocycles. The first kappa shape index (κ1) is 34.6. The van der Waals surface area contributed by atoms with Crippen molar-refractivity contribution in [3.8, 4) is 28.3 Å². The van der Waals surface area contributed by atoms with Crippen molar-refractivity contribution in [2.24, 2.45) is 0 Å². The zero-order chi connectivity index (χ0) is 27.6. The Morgan fingerprint density at radius 2 is 1.70 bits per heavy atom. The number of ether oxygens (including phenoxy) is 1. The van der Waals surface area contributed by atoms with E-state index in [0.29, 0.717) is 34.8 Å². The quantitative estimate of drug-likeness (QED) is 0.258. The summed E-state index contributed by atoms with van der Waals surface area (Å²) in [6.07, 6.45) is 3.87. The highest BCUT2D eigenvalue weighted by Gasteiger charge is 2.35. The first-order chi connectivity index (χ1) is 19.5. The van der Waals surface area contributed by atoms with Gasteiger partial charge in [0.2, 0.25) is 0 Å². The van der Waals surface area contributed by atoms with Crippen molar-refractivity contribution in [1.29, 1.82) is 0 Å². The topological polar surface area (TPSA) is 106 Å². The van der Waals surface area contributed by atoms with E-state index < -0.39 is 0 Å². The molecular formula is C30H40Cl3N7O3. The molecule has 3 heterocycles. The number of hydrazine groups is 1. The highest BCUT2D eigenvalue weighted by Crippen LogP contribution is 2.43. The van der Waals surface area contributed by atoms with Crippen LogP contribution >= 0.6 is 37.2 Å². The second-order valence-electron chi connectivity index (χ2n) is 11.0. The third kappa shape index (κ3) is 7.45. The van der Waals surface area contributed by atoms with Gasteiger partial charge in [0.05, 0.1) is 22.5 Å². The van der Waals surface area contributed by atoms with E-state index in [9.17, 15) is 9.59 Å². The van der Waals surface area contributed by atoms with Gasteiger partial charge >= 0.3 is 6.03 Å². The van der Waals surface area contributed by atoms with Gasteiger partial charge < -0.3 is 15.0 Å². The maximum atomic E-state index is 13.8. The van der Waals surface area contributed by atoms with Crippen LogP contribution in [0.25, 0.3) is 22.5 Å². The smallest absolute Gasteiger partial charge is 0.333 e. The zero-order valence-electron chi connectivity index (χ0n) is 24.5. The second-order valence-corrected chi connectivity index (χ2v) is 11.0. The van der Waals surface area contributed by atoms with Gasteiger partial charge in [-0.05, 0) is 69.7 Å². The number of amides is 2. The summed E-state index contributed by atoms with van der Waals surface area (Å²) >= 11 is 0. The monoisotopic (exact) mass is 651 g/mol. The molecular weight excluding hydrogens is 613 g/mol. The van der Waals surface area contributed by atoms with E-state index in [1.807, 2.05) is 42.3 Å². The van der Waals surface area contributed by atoms with Crippen LogP contribution in [0.4, 0.5) is 10.5 Å². The number of carbonyl (C=O) groups excluding carboxylic acids is 2. The number of ketones is 1. The number of anilines is 1. The molecule has 0 unspecified atom stereocenters. The molecule has 234 valence electrons. The number of halogens is 3. The number of hydrogen-bond acceptors (Lipinski definition) is 7. The fourth-order valence-electron chi connectivity index (χ4n) is 5.87. The minimum Gasteiger partial charge on any atom is -0.492 e. The van der Waals surface area contributed by atoms with Crippen LogP contribution in [-0.4, -0.2) is 96.3 Å². The lowest BCUT2D eigenvalue weighted by Crippen LogP contribution is -2.53. The highest BCUT2D eigenvalue weighted by atomic mass is 35.5. The van der Waals surface area contributed by atoms with Gasteiger partial charge in [0.1, 0.15) is 18.1 Å². The molecule has 2 amide bonds. The number of hydrogen-bond donors (Lipinski definition) is 3. The summed E-state index contributed by atoms with van der Waals surface area (Å²) in [6.45, 7) is 9.18. The maximum absolute atomic E-state index is 13.8. The molecule has 3 aromatic rings. The lowest BCUT2D eigenvalue weighted by Gasteiger charge is -2.32. The average Bonchev–Trinajstić information content (AvgIpc) is 3.51. The Bertz CT molecular complexity index is 1420. The molecule has 3 aliphatic rings. The van der Waals surface area contributed by atoms with Gasteiger partial charge in [-0.2, -0.15) is 5.10 Å². The van der Waals surface area contributed by atoms with Crippen LogP contribution < -0.4 is 15.5 Å². The molecule has 1 aliphatic carbocycles. The summed E-state index contributed by atoms with van der Waals surface area (Å²) in [5.74, 6) is 0.674. The predicted molar refractivity (Wildman–Crippen MR) is 176 cm³/mol. The van der Waals surface area contributed by atoms with Crippen LogP contribution in [-0.2, 0) is 0 Å². The Morgan fingerprint density at radius 1 is 0.953 bits per heavy atom. The minimum atomic E-state index is -0.358. The normalized spacial score (nSPS) is 16.7. The summed E-state index contributed by atoms with van der Waals surface area (Å²) in [5.41, 5.74) is 8.29. The molecule has 10 nitrogen and oxygen atoms in total. The maximum Gasteiger partial charge on any atom is 0.333 e. The number of aromatic amines is 1. The van der Waals surface area contributed by atoms with Gasteiger partial charge in [0, 0.05) is 43.9 Å². The van der Waals surface area contributed by atoms with Crippen LogP contribution in [0.2, 0.25) is 0 Å². The van der Waals surface area contributed by atoms with Crippen LogP contribution in [0.3, 0.4) is 0 Å². The molecule has 0 bridgehead atoms. The number of rotatable bonds is 7. The van der Waals surface area contributed by atoms with Crippen LogP contribution in [0.1, 0.15) is 40.7 Å². The van der Waals surface area contributed by atoms with E-state index in [0.717, 1.165) is 68.3 Å². The van der Waals surface area contributed by atoms with E-state index in [1.165, 1.54) is 19.3 Å². The summed E-state index contributed by atoms with van der Waals surface area (Å²) < 4.78 is 6.05. The molecule has 3 N–H and O–H groups in total. The van der Waals surface area contributed by atoms with Crippen molar-refractivity contribution in [3.63, 3.8) is 0 Å². The number of aromatic nitrogens is 2. The number of piperidine rings is 1. The Morgan fingerprint density at radius 3 is 2.42 bits per heavy atom. The average molecular weight is 653 g/mol. The third-order valence-corrected chi connectivity index (χ3v) is 8.14. The summed E-state index contributed by atoms with van der Waals surface area (Å²) in [4.78, 5) is 31.2. The van der Waals surface area contributed by atoms with Crippen molar-refractivity contribution < 1.29 is 14.3 Å². The van der Waals surface area contributed by atoms with E-state index in [2.05, 4.69) is 37.8 Å². The van der Waals surface area contributed by atoms with Crippen molar-refractivity contribution in [2.45, 2.75) is 26.2 Å². The number of nitrogens with zero attached hydrogens (tertiary/aromatic N) is 4. The summed E-state index contributed by atoms with van der Waals surface area (Å²) in [5, 5.41) is 12.4. The number of aryl methyl sites for hydroxylation is 1. The molecule has 0 saturated carbocycles. The fourth-order valence-corrected chi connectivity index (χ4v) is 5.87. The number of piperazine rings is 1. The van der Waals surface area contributed by atoms with Crippen LogP contribution in [0.5, 0.6) is 5.75 Å². The largest absolute Gasteiger partial charge is 0.492 e. The van der Waals surface area contributed by atoms with Crippen LogP contribution in [0, 0.1) is 6.92 Å². The molecule has 2 aromatic carbocycles. The molecule has 13 heteroatoms. The number of nitrogens with one attached hydrogen (secondary N) is 3. The molecule has 0 atom stereocenters. The van der Waals surface area contributed by atoms with Crippen molar-refractivity contribution in [3.05, 3.63) is 53.1 Å². The first-order valence-electron chi connectivity index (χ1n) is 14.2. The first-order valence-corrected chi connectivity index (χ1v) is 14.2. The molecule has 6 rings (SSSR count). The van der Waals surface area contributed by atoms with E-state index in [1.54, 1.807) is 6.07 Å². The molecule has 2 fully saturated rings. The van der Waals surface area contributed by atoms with Crippen molar-refractivity contribution in [2.75, 3.05) is 64.8 Å². The summed E-state index contributed by atoms with van der Waals surface area (Å²) in [7, 11) is 2.06. The Kier molecular flexibility index (Phi) is 12.3. The fraction of sp³-hybridized carbons (Fsp3) is 0.433. The van der Waals surface area contributed by atoms with Gasteiger partial charge in [-0.15, -0.1) is 37.2 Å². The van der Waals surface area contributed by atoms with Gasteiger partial charge in [0.15, 0.2) is 5.78 Å². The number of urea groups is 1. The standard InChI is InChI=1S/C30H37N7O3.3ClH/c1-20-19-21(40-18-17-36-11-4-3-5-12-36)9-10-22(20)27-26-28(33-32-27)23-7-6-8-24(25(23)29(26)38)31-30(39)34-37-15-13-35(2)14-16-37;;;/h6-10,19H,3-5,11-18H2,1-2H3,(H,32,33)(H2,31,34,39);3*1H. The number of likely N-dealkylation sites (N-methyl/N-ethyl adjacent to an activating group) is 1. The number of fused-ring (bicyclic) bond motifs is 3. The SMILES string of the molecule is Cc1cc(OCCN2CCCCC2)ccc1-c1[nH]nc2c1C(=O)c1c(NC(=O)NN3CCN(C)CC3)cccc1-2.Cl.Cl.Cl. The highest BCUT2D eigenvalue weighted by molar-refractivity contribution is 6.27. The third-order valence-electron chi connectivity index (χ3n) is 8.14. The number of H-pyrrole nitrogens is 1. The van der Waals surface area contributed by atoms with Gasteiger partial charge in [0.25, 0.3) is 0 Å². The lowest BCUT2D eigenvalue weighted by molar-refractivity contribution is 0.104. The lowest BCUT2D eigenvalue weighted by atomic mass is 10.00. The molecule has 0 spiro atoms. The van der Waals surface area contributed by atoms with Crippen LogP contribution in [0.15, 0.2) is 36.4 Å². The summed E-state index contributed by atoms with van der Waals surface area (Å²) in [6, 6.07) is 11.1. The molecule has 1 aromatic heterocycles. The molecule has 0 radical (unpaired) electrons. The number of benzene rings is 2. The minimum absolute atomic E-state index is 0. The Balaban J connectivity index is 0.00000169. The van der Waals surface area contributed by atoms with Gasteiger partial charge in [-0.3, -0.25) is 20.2 Å². The zero-order valence-corrected chi connectivity index (χ0v) is 26.9. The Hall–Kier alpha value is -2.86. The molecule has 2 aliphatic heterocycles. The second kappa shape index (κ2) is 15.2. The van der Waals surface area contributed by atoms with E-state index in [4.69, 9.17) is 4.74 Å². The van der Waals surface area contributed by atoms with E-state index in [-0.39, 0.29) is 49.0 Å². The molecule has 43 heavy (non-hydrogen) atoms. The number of likely N-dealkylation sites (tertiary alicyclic amines) is 1. The predicted octanol–water partition coefficient (Wildman–Crippen LogP) is 5.01. The number of carbonyl (C=O) groups is 2.